The highest BCUT2D eigenvalue weighted by Crippen LogP contribution is 2.30. The number of rotatable bonds is 1. The molecule has 1 aliphatic rings. The Morgan fingerprint density at radius 3 is 2.79 bits per heavy atom. The topological polar surface area (TPSA) is 43.1 Å². The van der Waals surface area contributed by atoms with Gasteiger partial charge < -0.3 is 5.73 Å². The molecule has 1 atom stereocenters. The van der Waals surface area contributed by atoms with Gasteiger partial charge in [0.1, 0.15) is 0 Å². The van der Waals surface area contributed by atoms with Crippen molar-refractivity contribution in [1.29, 1.82) is 0 Å². The van der Waals surface area contributed by atoms with Gasteiger partial charge in [-0.3, -0.25) is 4.79 Å². The third kappa shape index (κ3) is 1.90. The number of carbonyl (C=O) groups is 1. The molecule has 0 bridgehead atoms. The van der Waals surface area contributed by atoms with E-state index in [9.17, 15) is 4.79 Å². The molecule has 0 aliphatic heterocycles. The van der Waals surface area contributed by atoms with Gasteiger partial charge in [-0.2, -0.15) is 0 Å². The number of carbonyl (C=O) groups excluding carboxylic acids is 1. The molecule has 0 fully saturated rings. The summed E-state index contributed by atoms with van der Waals surface area (Å²) in [6.45, 7) is 0. The van der Waals surface area contributed by atoms with E-state index in [1.54, 1.807) is 0 Å². The number of amides is 1. The lowest BCUT2D eigenvalue weighted by Gasteiger charge is -2.22. The van der Waals surface area contributed by atoms with Crippen LogP contribution in [-0.2, 0) is 11.2 Å². The van der Waals surface area contributed by atoms with E-state index in [2.05, 4.69) is 6.07 Å². The molecular formula is C11H14ClNO. The lowest BCUT2D eigenvalue weighted by Crippen LogP contribution is -2.24. The molecule has 2 nitrogen and oxygen atoms in total. The molecule has 1 aliphatic carbocycles. The Balaban J connectivity index is 0.000000980. The minimum Gasteiger partial charge on any atom is -0.369 e. The summed E-state index contributed by atoms with van der Waals surface area (Å²) < 4.78 is 0. The van der Waals surface area contributed by atoms with Crippen molar-refractivity contribution in [3.8, 4) is 0 Å². The fraction of sp³-hybridized carbons (Fsp3) is 0.364. The van der Waals surface area contributed by atoms with Crippen LogP contribution in [0.1, 0.15) is 29.9 Å². The quantitative estimate of drug-likeness (QED) is 0.759. The van der Waals surface area contributed by atoms with Crippen molar-refractivity contribution < 1.29 is 4.79 Å². The Hall–Kier alpha value is -1.02. The highest BCUT2D eigenvalue weighted by molar-refractivity contribution is 5.85. The monoisotopic (exact) mass is 211 g/mol. The minimum absolute atomic E-state index is 0. The largest absolute Gasteiger partial charge is 0.369 e. The van der Waals surface area contributed by atoms with E-state index < -0.39 is 0 Å². The number of halogens is 1. The Morgan fingerprint density at radius 2 is 2.07 bits per heavy atom. The molecule has 2 rings (SSSR count). The predicted octanol–water partition coefficient (Wildman–Crippen LogP) is 2.01. The molecule has 1 unspecified atom stereocenters. The van der Waals surface area contributed by atoms with Crippen LogP contribution in [0, 0.1) is 0 Å². The van der Waals surface area contributed by atoms with Crippen LogP contribution in [0.4, 0.5) is 0 Å². The highest BCUT2D eigenvalue weighted by atomic mass is 35.5. The van der Waals surface area contributed by atoms with Gasteiger partial charge in [0, 0.05) is 0 Å². The Labute approximate surface area is 89.9 Å². The van der Waals surface area contributed by atoms with Crippen LogP contribution < -0.4 is 5.73 Å². The van der Waals surface area contributed by atoms with Crippen LogP contribution in [0.3, 0.4) is 0 Å². The summed E-state index contributed by atoms with van der Waals surface area (Å²) in [5, 5.41) is 0. The van der Waals surface area contributed by atoms with Gasteiger partial charge >= 0.3 is 0 Å². The minimum atomic E-state index is -0.188. The van der Waals surface area contributed by atoms with E-state index in [-0.39, 0.29) is 24.2 Å². The first-order valence-corrected chi connectivity index (χ1v) is 4.66. The van der Waals surface area contributed by atoms with Crippen LogP contribution in [0.15, 0.2) is 24.3 Å². The van der Waals surface area contributed by atoms with Gasteiger partial charge in [-0.1, -0.05) is 24.3 Å². The van der Waals surface area contributed by atoms with E-state index in [4.69, 9.17) is 5.73 Å². The summed E-state index contributed by atoms with van der Waals surface area (Å²) in [4.78, 5) is 11.1. The predicted molar refractivity (Wildman–Crippen MR) is 58.6 cm³/mol. The van der Waals surface area contributed by atoms with Crippen molar-refractivity contribution in [3.63, 3.8) is 0 Å². The average molecular weight is 212 g/mol. The number of benzene rings is 1. The summed E-state index contributed by atoms with van der Waals surface area (Å²) in [5.74, 6) is -0.239. The highest BCUT2D eigenvalue weighted by Gasteiger charge is 2.23. The summed E-state index contributed by atoms with van der Waals surface area (Å²) >= 11 is 0. The van der Waals surface area contributed by atoms with Gasteiger partial charge in [-0.05, 0) is 30.4 Å². The molecule has 1 amide bonds. The zero-order chi connectivity index (χ0) is 9.26. The smallest absolute Gasteiger partial charge is 0.224 e. The normalized spacial score (nSPS) is 19.3. The summed E-state index contributed by atoms with van der Waals surface area (Å²) in [6.07, 6.45) is 3.07. The van der Waals surface area contributed by atoms with Gasteiger partial charge in [0.05, 0.1) is 5.92 Å². The number of aryl methyl sites for hydroxylation is 1. The van der Waals surface area contributed by atoms with Crippen LogP contribution in [0.5, 0.6) is 0 Å². The molecule has 76 valence electrons. The molecule has 0 spiro atoms. The standard InChI is InChI=1S/C11H13NO.ClH/c12-11(13)10-7-3-5-8-4-1-2-6-9(8)10;/h1-2,4,6,10H,3,5,7H2,(H2,12,13);1H. The molecule has 2 N–H and O–H groups in total. The zero-order valence-electron chi connectivity index (χ0n) is 7.90. The SMILES string of the molecule is Cl.NC(=O)C1CCCc2ccccc21. The molecule has 0 radical (unpaired) electrons. The van der Waals surface area contributed by atoms with Gasteiger partial charge in [0.15, 0.2) is 0 Å². The van der Waals surface area contributed by atoms with Crippen molar-refractivity contribution in [3.05, 3.63) is 35.4 Å². The van der Waals surface area contributed by atoms with Crippen molar-refractivity contribution >= 4 is 18.3 Å². The number of primary amides is 1. The molecule has 0 saturated heterocycles. The Bertz CT molecular complexity index is 338. The molecule has 1 aromatic carbocycles. The summed E-state index contributed by atoms with van der Waals surface area (Å²) in [7, 11) is 0. The second-order valence-corrected chi connectivity index (χ2v) is 3.55. The van der Waals surface area contributed by atoms with Gasteiger partial charge in [0.25, 0.3) is 0 Å². The third-order valence-electron chi connectivity index (χ3n) is 2.71. The van der Waals surface area contributed by atoms with Gasteiger partial charge in [0.2, 0.25) is 5.91 Å². The van der Waals surface area contributed by atoms with Crippen molar-refractivity contribution in [1.82, 2.24) is 0 Å². The maximum absolute atomic E-state index is 11.1. The van der Waals surface area contributed by atoms with Gasteiger partial charge in [-0.15, -0.1) is 12.4 Å². The number of nitrogens with two attached hydrogens (primary N) is 1. The lowest BCUT2D eigenvalue weighted by atomic mass is 9.82. The zero-order valence-corrected chi connectivity index (χ0v) is 8.72. The van der Waals surface area contributed by atoms with Crippen LogP contribution in [0.25, 0.3) is 0 Å². The van der Waals surface area contributed by atoms with Crippen molar-refractivity contribution in [2.45, 2.75) is 25.2 Å². The van der Waals surface area contributed by atoms with E-state index >= 15 is 0 Å². The summed E-state index contributed by atoms with van der Waals surface area (Å²) in [6, 6.07) is 8.09. The first kappa shape index (κ1) is 11.1. The first-order chi connectivity index (χ1) is 6.29. The fourth-order valence-electron chi connectivity index (χ4n) is 2.05. The van der Waals surface area contributed by atoms with E-state index in [0.717, 1.165) is 24.8 Å². The molecule has 1 aromatic rings. The lowest BCUT2D eigenvalue weighted by molar-refractivity contribution is -0.119. The van der Waals surface area contributed by atoms with E-state index in [0.29, 0.717) is 0 Å². The van der Waals surface area contributed by atoms with E-state index in [1.807, 2.05) is 18.2 Å². The molecule has 0 heterocycles. The van der Waals surface area contributed by atoms with Gasteiger partial charge in [-0.25, -0.2) is 0 Å². The number of fused-ring (bicyclic) bond motifs is 1. The van der Waals surface area contributed by atoms with Crippen molar-refractivity contribution in [2.24, 2.45) is 5.73 Å². The molecule has 14 heavy (non-hydrogen) atoms. The fourth-order valence-corrected chi connectivity index (χ4v) is 2.05. The van der Waals surface area contributed by atoms with Crippen LogP contribution in [-0.4, -0.2) is 5.91 Å². The van der Waals surface area contributed by atoms with Crippen LogP contribution >= 0.6 is 12.4 Å². The molecule has 0 saturated carbocycles. The number of hydrogen-bond acceptors (Lipinski definition) is 1. The Kier molecular flexibility index (Phi) is 3.53. The maximum atomic E-state index is 11.1. The molecule has 0 aromatic heterocycles. The second kappa shape index (κ2) is 4.47. The molecule has 3 heteroatoms. The molecular weight excluding hydrogens is 198 g/mol. The Morgan fingerprint density at radius 1 is 1.36 bits per heavy atom. The number of hydrogen-bond donors (Lipinski definition) is 1. The maximum Gasteiger partial charge on any atom is 0.224 e. The third-order valence-corrected chi connectivity index (χ3v) is 2.71. The van der Waals surface area contributed by atoms with E-state index in [1.165, 1.54) is 5.56 Å². The summed E-state index contributed by atoms with van der Waals surface area (Å²) in [5.41, 5.74) is 7.77. The van der Waals surface area contributed by atoms with Crippen molar-refractivity contribution in [2.75, 3.05) is 0 Å². The second-order valence-electron chi connectivity index (χ2n) is 3.55. The van der Waals surface area contributed by atoms with Crippen LogP contribution in [0.2, 0.25) is 0 Å². The first-order valence-electron chi connectivity index (χ1n) is 4.66. The average Bonchev–Trinajstić information content (AvgIpc) is 2.17.